The van der Waals surface area contributed by atoms with Crippen molar-refractivity contribution in [3.8, 4) is 6.07 Å². The van der Waals surface area contributed by atoms with Crippen molar-refractivity contribution < 1.29 is 31.9 Å². The Hall–Kier alpha value is -2.87. The SMILES string of the molecule is C=C(/C=C\C(=C/CF)N1CC(CNC)OC1=O)N1CCC(CC#N)CC1.O=CC(F)(F)F. The van der Waals surface area contributed by atoms with Gasteiger partial charge in [-0.1, -0.05) is 6.58 Å². The first-order chi connectivity index (χ1) is 15.1. The minimum atomic E-state index is -4.64. The molecule has 178 valence electrons. The number of aldehydes is 1. The molecule has 2 aliphatic heterocycles. The number of amides is 1. The van der Waals surface area contributed by atoms with E-state index in [2.05, 4.69) is 22.9 Å². The van der Waals surface area contributed by atoms with E-state index in [0.717, 1.165) is 31.6 Å². The number of allylic oxidation sites excluding steroid dienone is 3. The number of carbonyl (C=O) groups excluding carboxylic acids is 2. The number of carbonyl (C=O) groups is 2. The number of hydrogen-bond acceptors (Lipinski definition) is 6. The zero-order chi connectivity index (χ0) is 24.1. The van der Waals surface area contributed by atoms with Gasteiger partial charge in [-0.3, -0.25) is 9.69 Å². The zero-order valence-electron chi connectivity index (χ0n) is 17.9. The molecular formula is C21H28F4N4O3. The highest BCUT2D eigenvalue weighted by molar-refractivity contribution is 5.73. The van der Waals surface area contributed by atoms with Crippen molar-refractivity contribution in [2.75, 3.05) is 39.9 Å². The van der Waals surface area contributed by atoms with Crippen LogP contribution in [-0.2, 0) is 9.53 Å². The standard InChI is InChI=1S/C19H27FN4O2.C2HF3O/c1-15(23-11-7-16(6-10-21)8-12-23)3-4-17(5-9-20)24-14-18(13-22-2)26-19(24)25;3-2(4,5)1-6/h3-5,16,18,22H,1,6-9,11-14H2,2H3;1H/b4-3-,17-5+;. The number of hydrogen-bond donors (Lipinski definition) is 1. The molecule has 7 nitrogen and oxygen atoms in total. The topological polar surface area (TPSA) is 85.7 Å². The van der Waals surface area contributed by atoms with Crippen LogP contribution in [0, 0.1) is 17.2 Å². The maximum absolute atomic E-state index is 12.9. The van der Waals surface area contributed by atoms with Crippen LogP contribution >= 0.6 is 0 Å². The lowest BCUT2D eigenvalue weighted by Crippen LogP contribution is -2.32. The van der Waals surface area contributed by atoms with Crippen LogP contribution in [0.15, 0.2) is 36.2 Å². The maximum Gasteiger partial charge on any atom is 0.446 e. The smallest absolute Gasteiger partial charge is 0.443 e. The van der Waals surface area contributed by atoms with Crippen molar-refractivity contribution in [3.05, 3.63) is 36.2 Å². The molecule has 0 saturated carbocycles. The summed E-state index contributed by atoms with van der Waals surface area (Å²) in [5.41, 5.74) is 1.31. The van der Waals surface area contributed by atoms with Crippen LogP contribution in [0.25, 0.3) is 0 Å². The molecule has 0 bridgehead atoms. The van der Waals surface area contributed by atoms with E-state index in [4.69, 9.17) is 14.8 Å². The van der Waals surface area contributed by atoms with Crippen molar-refractivity contribution in [1.29, 1.82) is 5.26 Å². The summed E-state index contributed by atoms with van der Waals surface area (Å²) < 4.78 is 49.4. The van der Waals surface area contributed by atoms with Crippen LogP contribution in [0.1, 0.15) is 19.3 Å². The second kappa shape index (κ2) is 13.5. The first kappa shape index (κ1) is 27.2. The van der Waals surface area contributed by atoms with Gasteiger partial charge in [-0.15, -0.1) is 0 Å². The van der Waals surface area contributed by atoms with E-state index in [1.54, 1.807) is 13.1 Å². The summed E-state index contributed by atoms with van der Waals surface area (Å²) in [6.45, 7) is 6.07. The van der Waals surface area contributed by atoms with Gasteiger partial charge in [-0.05, 0) is 44.0 Å². The van der Waals surface area contributed by atoms with Crippen LogP contribution in [0.5, 0.6) is 0 Å². The Balaban J connectivity index is 0.000000751. The lowest BCUT2D eigenvalue weighted by atomic mass is 9.94. The largest absolute Gasteiger partial charge is 0.446 e. The van der Waals surface area contributed by atoms with Crippen LogP contribution < -0.4 is 5.32 Å². The molecule has 0 spiro atoms. The van der Waals surface area contributed by atoms with Gasteiger partial charge < -0.3 is 15.0 Å². The van der Waals surface area contributed by atoms with Crippen molar-refractivity contribution in [2.45, 2.75) is 31.5 Å². The second-order valence-corrected chi connectivity index (χ2v) is 7.23. The number of nitrogens with one attached hydrogen (secondary N) is 1. The van der Waals surface area contributed by atoms with Gasteiger partial charge in [0.05, 0.1) is 12.6 Å². The van der Waals surface area contributed by atoms with Crippen LogP contribution in [0.4, 0.5) is 22.4 Å². The molecule has 1 N–H and O–H groups in total. The number of rotatable bonds is 8. The van der Waals surface area contributed by atoms with Crippen LogP contribution in [0.2, 0.25) is 0 Å². The monoisotopic (exact) mass is 460 g/mol. The molecule has 2 aliphatic rings. The van der Waals surface area contributed by atoms with E-state index >= 15 is 0 Å². The Morgan fingerprint density at radius 1 is 1.34 bits per heavy atom. The Morgan fingerprint density at radius 2 is 1.97 bits per heavy atom. The van der Waals surface area contributed by atoms with E-state index in [-0.39, 0.29) is 6.10 Å². The number of piperidine rings is 1. The molecule has 1 atom stereocenters. The van der Waals surface area contributed by atoms with Gasteiger partial charge in [-0.25, -0.2) is 9.18 Å². The van der Waals surface area contributed by atoms with E-state index in [1.807, 2.05) is 6.08 Å². The predicted molar refractivity (Wildman–Crippen MR) is 110 cm³/mol. The zero-order valence-corrected chi connectivity index (χ0v) is 17.9. The molecule has 32 heavy (non-hydrogen) atoms. The summed E-state index contributed by atoms with van der Waals surface area (Å²) in [6.07, 6.45) is 1.03. The summed E-state index contributed by atoms with van der Waals surface area (Å²) in [6, 6.07) is 2.23. The van der Waals surface area contributed by atoms with Crippen molar-refractivity contribution >= 4 is 12.4 Å². The van der Waals surface area contributed by atoms with E-state index in [0.29, 0.717) is 31.1 Å². The fourth-order valence-electron chi connectivity index (χ4n) is 3.25. The molecule has 0 aromatic rings. The fourth-order valence-corrected chi connectivity index (χ4v) is 3.25. The molecule has 0 aromatic heterocycles. The normalized spacial score (nSPS) is 19.9. The molecule has 1 unspecified atom stereocenters. The molecule has 2 fully saturated rings. The third kappa shape index (κ3) is 9.51. The highest BCUT2D eigenvalue weighted by Gasteiger charge is 2.32. The van der Waals surface area contributed by atoms with Gasteiger partial charge in [-0.2, -0.15) is 18.4 Å². The minimum Gasteiger partial charge on any atom is -0.443 e. The van der Waals surface area contributed by atoms with Crippen molar-refractivity contribution in [3.63, 3.8) is 0 Å². The van der Waals surface area contributed by atoms with Crippen LogP contribution in [0.3, 0.4) is 0 Å². The number of halogens is 4. The van der Waals surface area contributed by atoms with Gasteiger partial charge in [0.25, 0.3) is 0 Å². The number of nitrogens with zero attached hydrogens (tertiary/aromatic N) is 3. The number of likely N-dealkylation sites (tertiary alicyclic amines) is 1. The molecule has 2 rings (SSSR count). The summed E-state index contributed by atoms with van der Waals surface area (Å²) in [4.78, 5) is 24.3. The first-order valence-corrected chi connectivity index (χ1v) is 10.1. The third-order valence-corrected chi connectivity index (χ3v) is 4.88. The number of ether oxygens (including phenoxy) is 1. The molecule has 2 heterocycles. The number of likely N-dealkylation sites (N-methyl/N-ethyl adjacent to an activating group) is 1. The lowest BCUT2D eigenvalue weighted by molar-refractivity contribution is -0.156. The average molecular weight is 460 g/mol. The van der Waals surface area contributed by atoms with Crippen molar-refractivity contribution in [1.82, 2.24) is 15.1 Å². The number of cyclic esters (lactones) is 1. The summed E-state index contributed by atoms with van der Waals surface area (Å²) >= 11 is 0. The maximum atomic E-state index is 12.9. The Kier molecular flexibility index (Phi) is 11.5. The van der Waals surface area contributed by atoms with Crippen molar-refractivity contribution in [2.24, 2.45) is 5.92 Å². The molecule has 2 saturated heterocycles. The van der Waals surface area contributed by atoms with Crippen LogP contribution in [-0.4, -0.2) is 74.4 Å². The first-order valence-electron chi connectivity index (χ1n) is 10.1. The van der Waals surface area contributed by atoms with E-state index in [9.17, 15) is 22.4 Å². The highest BCUT2D eigenvalue weighted by Crippen LogP contribution is 2.23. The van der Waals surface area contributed by atoms with E-state index < -0.39 is 25.2 Å². The Bertz CT molecular complexity index is 738. The molecule has 1 amide bonds. The van der Waals surface area contributed by atoms with Gasteiger partial charge >= 0.3 is 12.3 Å². The van der Waals surface area contributed by atoms with Gasteiger partial charge in [0.2, 0.25) is 6.29 Å². The highest BCUT2D eigenvalue weighted by atomic mass is 19.4. The van der Waals surface area contributed by atoms with Gasteiger partial charge in [0.1, 0.15) is 12.8 Å². The predicted octanol–water partition coefficient (Wildman–Crippen LogP) is 3.32. The molecule has 11 heteroatoms. The summed E-state index contributed by atoms with van der Waals surface area (Å²) in [5, 5.41) is 11.8. The quantitative estimate of drug-likeness (QED) is 0.340. The lowest BCUT2D eigenvalue weighted by Gasteiger charge is -2.33. The minimum absolute atomic E-state index is 0.244. The van der Waals surface area contributed by atoms with Gasteiger partial charge in [0.15, 0.2) is 0 Å². The molecule has 0 radical (unpaired) electrons. The number of nitriles is 1. The molecular weight excluding hydrogens is 432 g/mol. The molecule has 0 aliphatic carbocycles. The Morgan fingerprint density at radius 3 is 2.47 bits per heavy atom. The fraction of sp³-hybridized carbons (Fsp3) is 0.571. The third-order valence-electron chi connectivity index (χ3n) is 4.88. The number of alkyl halides is 4. The van der Waals surface area contributed by atoms with Gasteiger partial charge in [0, 0.05) is 37.4 Å². The Labute approximate surface area is 185 Å². The van der Waals surface area contributed by atoms with E-state index in [1.165, 1.54) is 11.0 Å². The average Bonchev–Trinajstić information content (AvgIpc) is 3.12. The summed E-state index contributed by atoms with van der Waals surface area (Å²) in [7, 11) is 1.79. The molecule has 0 aromatic carbocycles. The second-order valence-electron chi connectivity index (χ2n) is 7.23. The summed E-state index contributed by atoms with van der Waals surface area (Å²) in [5.74, 6) is 0.457.